The van der Waals surface area contributed by atoms with Crippen molar-refractivity contribution >= 4 is 11.0 Å². The van der Waals surface area contributed by atoms with Gasteiger partial charge in [-0.15, -0.1) is 0 Å². The van der Waals surface area contributed by atoms with Gasteiger partial charge >= 0.3 is 0 Å². The lowest BCUT2D eigenvalue weighted by molar-refractivity contribution is 0.431. The summed E-state index contributed by atoms with van der Waals surface area (Å²) in [6.07, 6.45) is 0. The summed E-state index contributed by atoms with van der Waals surface area (Å²) in [5.74, 6) is -4.83. The Morgan fingerprint density at radius 2 is 1.67 bits per heavy atom. The number of benzene rings is 2. The van der Waals surface area contributed by atoms with Crippen LogP contribution in [0.4, 0.5) is 17.6 Å². The average Bonchev–Trinajstić information content (AvgIpc) is 2.90. The van der Waals surface area contributed by atoms with E-state index in [1.807, 2.05) is 0 Å². The van der Waals surface area contributed by atoms with Gasteiger partial charge in [-0.05, 0) is 18.2 Å². The molecular weight excluding hydrogens is 286 g/mol. The van der Waals surface area contributed by atoms with Gasteiger partial charge in [0, 0.05) is 10.9 Å². The van der Waals surface area contributed by atoms with Crippen LogP contribution >= 0.6 is 0 Å². The van der Waals surface area contributed by atoms with Crippen LogP contribution < -0.4 is 5.73 Å². The fraction of sp³-hybridized carbons (Fsp3) is 0.0667. The second-order valence-corrected chi connectivity index (χ2v) is 4.55. The Morgan fingerprint density at radius 3 is 2.38 bits per heavy atom. The van der Waals surface area contributed by atoms with Crippen molar-refractivity contribution in [2.24, 2.45) is 5.73 Å². The molecule has 0 aliphatic carbocycles. The van der Waals surface area contributed by atoms with Gasteiger partial charge in [-0.25, -0.2) is 17.6 Å². The van der Waals surface area contributed by atoms with Crippen molar-refractivity contribution in [1.82, 2.24) is 0 Å². The molecule has 1 heterocycles. The third kappa shape index (κ3) is 2.17. The maximum atomic E-state index is 13.7. The standard InChI is InChI=1S/C15H9F4NO/c16-9-5-4-8(12(18)13(9)19)14(20)11-6-7-2-1-3-10(17)15(7)21-11/h1-6,14H,20H2. The van der Waals surface area contributed by atoms with E-state index in [0.29, 0.717) is 5.39 Å². The number of rotatable bonds is 2. The van der Waals surface area contributed by atoms with Crippen LogP contribution in [0.25, 0.3) is 11.0 Å². The Bertz CT molecular complexity index is 828. The number of fused-ring (bicyclic) bond motifs is 1. The number of hydrogen-bond acceptors (Lipinski definition) is 2. The monoisotopic (exact) mass is 295 g/mol. The van der Waals surface area contributed by atoms with E-state index in [4.69, 9.17) is 10.2 Å². The predicted molar refractivity (Wildman–Crippen MR) is 68.5 cm³/mol. The molecule has 0 fully saturated rings. The number of nitrogens with two attached hydrogens (primary N) is 1. The van der Waals surface area contributed by atoms with Crippen molar-refractivity contribution < 1.29 is 22.0 Å². The highest BCUT2D eigenvalue weighted by Gasteiger charge is 2.22. The van der Waals surface area contributed by atoms with E-state index in [2.05, 4.69) is 0 Å². The molecule has 2 aromatic carbocycles. The summed E-state index contributed by atoms with van der Waals surface area (Å²) in [5, 5.41) is 0.448. The summed E-state index contributed by atoms with van der Waals surface area (Å²) in [7, 11) is 0. The fourth-order valence-electron chi connectivity index (χ4n) is 2.13. The van der Waals surface area contributed by atoms with E-state index >= 15 is 0 Å². The summed E-state index contributed by atoms with van der Waals surface area (Å²) < 4.78 is 58.7. The molecule has 2 nitrogen and oxygen atoms in total. The van der Waals surface area contributed by atoms with E-state index in [9.17, 15) is 17.6 Å². The van der Waals surface area contributed by atoms with Gasteiger partial charge in [0.2, 0.25) is 0 Å². The highest BCUT2D eigenvalue weighted by atomic mass is 19.2. The molecule has 108 valence electrons. The Morgan fingerprint density at radius 1 is 0.905 bits per heavy atom. The Hall–Kier alpha value is -2.34. The molecule has 0 saturated carbocycles. The summed E-state index contributed by atoms with van der Waals surface area (Å²) in [4.78, 5) is 0. The first-order valence-corrected chi connectivity index (χ1v) is 6.06. The summed E-state index contributed by atoms with van der Waals surface area (Å²) in [6, 6.07) is 6.36. The van der Waals surface area contributed by atoms with Crippen molar-refractivity contribution in [3.05, 3.63) is 71.0 Å². The molecule has 3 aromatic rings. The molecule has 0 amide bonds. The third-order valence-corrected chi connectivity index (χ3v) is 3.22. The van der Waals surface area contributed by atoms with Crippen LogP contribution in [-0.4, -0.2) is 0 Å². The van der Waals surface area contributed by atoms with Gasteiger partial charge < -0.3 is 10.2 Å². The molecule has 1 atom stereocenters. The molecule has 0 aliphatic rings. The molecule has 6 heteroatoms. The first-order valence-electron chi connectivity index (χ1n) is 6.06. The Balaban J connectivity index is 2.10. The molecule has 3 rings (SSSR count). The third-order valence-electron chi connectivity index (χ3n) is 3.22. The van der Waals surface area contributed by atoms with Crippen LogP contribution in [-0.2, 0) is 0 Å². The molecule has 0 spiro atoms. The largest absolute Gasteiger partial charge is 0.456 e. The minimum absolute atomic E-state index is 0.0223. The summed E-state index contributed by atoms with van der Waals surface area (Å²) in [6.45, 7) is 0. The van der Waals surface area contributed by atoms with Crippen LogP contribution in [0.2, 0.25) is 0 Å². The first-order chi connectivity index (χ1) is 9.99. The van der Waals surface area contributed by atoms with E-state index in [1.54, 1.807) is 6.07 Å². The lowest BCUT2D eigenvalue weighted by Crippen LogP contribution is -2.14. The highest BCUT2D eigenvalue weighted by Crippen LogP contribution is 2.30. The minimum Gasteiger partial charge on any atom is -0.456 e. The SMILES string of the molecule is NC(c1cc2cccc(F)c2o1)c1ccc(F)c(F)c1F. The normalized spacial score (nSPS) is 12.8. The van der Waals surface area contributed by atoms with Gasteiger partial charge in [-0.3, -0.25) is 0 Å². The quantitative estimate of drug-likeness (QED) is 0.572. The average molecular weight is 295 g/mol. The molecule has 1 aromatic heterocycles. The van der Waals surface area contributed by atoms with Crippen molar-refractivity contribution in [3.8, 4) is 0 Å². The summed E-state index contributed by atoms with van der Waals surface area (Å²) in [5.41, 5.74) is 5.51. The fourth-order valence-corrected chi connectivity index (χ4v) is 2.13. The first kappa shape index (κ1) is 13.6. The maximum Gasteiger partial charge on any atom is 0.194 e. The van der Waals surface area contributed by atoms with Crippen LogP contribution in [0.1, 0.15) is 17.4 Å². The van der Waals surface area contributed by atoms with E-state index in [0.717, 1.165) is 12.1 Å². The second-order valence-electron chi connectivity index (χ2n) is 4.55. The molecule has 2 N–H and O–H groups in total. The Labute approximate surface area is 116 Å². The van der Waals surface area contributed by atoms with E-state index < -0.39 is 29.3 Å². The van der Waals surface area contributed by atoms with Crippen LogP contribution in [0, 0.1) is 23.3 Å². The van der Waals surface area contributed by atoms with Gasteiger partial charge in [0.25, 0.3) is 0 Å². The smallest absolute Gasteiger partial charge is 0.194 e. The highest BCUT2D eigenvalue weighted by molar-refractivity contribution is 5.78. The van der Waals surface area contributed by atoms with Crippen LogP contribution in [0.15, 0.2) is 40.8 Å². The zero-order chi connectivity index (χ0) is 15.1. The molecule has 1 unspecified atom stereocenters. The van der Waals surface area contributed by atoms with Crippen LogP contribution in [0.5, 0.6) is 0 Å². The molecule has 0 radical (unpaired) electrons. The zero-order valence-electron chi connectivity index (χ0n) is 10.5. The number of furan rings is 1. The van der Waals surface area contributed by atoms with Crippen LogP contribution in [0.3, 0.4) is 0 Å². The van der Waals surface area contributed by atoms with Gasteiger partial charge in [0.1, 0.15) is 5.76 Å². The van der Waals surface area contributed by atoms with E-state index in [1.165, 1.54) is 18.2 Å². The van der Waals surface area contributed by atoms with E-state index in [-0.39, 0.29) is 16.9 Å². The van der Waals surface area contributed by atoms with Gasteiger partial charge in [-0.2, -0.15) is 0 Å². The van der Waals surface area contributed by atoms with Gasteiger partial charge in [-0.1, -0.05) is 18.2 Å². The van der Waals surface area contributed by atoms with Crippen molar-refractivity contribution in [2.45, 2.75) is 6.04 Å². The molecule has 0 aliphatic heterocycles. The predicted octanol–water partition coefficient (Wildman–Crippen LogP) is 4.04. The lowest BCUT2D eigenvalue weighted by Gasteiger charge is -2.10. The molecule has 21 heavy (non-hydrogen) atoms. The number of para-hydroxylation sites is 1. The molecule has 0 bridgehead atoms. The van der Waals surface area contributed by atoms with Crippen molar-refractivity contribution in [2.75, 3.05) is 0 Å². The van der Waals surface area contributed by atoms with Gasteiger partial charge in [0.05, 0.1) is 6.04 Å². The molecular formula is C15H9F4NO. The second kappa shape index (κ2) is 4.89. The lowest BCUT2D eigenvalue weighted by atomic mass is 10.0. The Kier molecular flexibility index (Phi) is 3.17. The van der Waals surface area contributed by atoms with Crippen molar-refractivity contribution in [3.63, 3.8) is 0 Å². The topological polar surface area (TPSA) is 39.2 Å². The number of hydrogen-bond donors (Lipinski definition) is 1. The maximum absolute atomic E-state index is 13.7. The minimum atomic E-state index is -1.61. The zero-order valence-corrected chi connectivity index (χ0v) is 10.5. The van der Waals surface area contributed by atoms with Gasteiger partial charge in [0.15, 0.2) is 28.9 Å². The summed E-state index contributed by atoms with van der Waals surface area (Å²) >= 11 is 0. The number of halogens is 4. The molecule has 0 saturated heterocycles. The van der Waals surface area contributed by atoms with Crippen molar-refractivity contribution in [1.29, 1.82) is 0 Å².